The molecule has 0 aliphatic carbocycles. The van der Waals surface area contributed by atoms with Crippen molar-refractivity contribution in [3.05, 3.63) is 60.8 Å². The van der Waals surface area contributed by atoms with E-state index in [1.54, 1.807) is 18.2 Å². The summed E-state index contributed by atoms with van der Waals surface area (Å²) in [5, 5.41) is 13.7. The minimum atomic E-state index is -4.36. The van der Waals surface area contributed by atoms with Crippen LogP contribution in [-0.2, 0) is 23.2 Å². The SMILES string of the molecule is CCCCCCCCCCCC/C=C/[C@@H](O)[C@H](COP(=O)(O)OCC[N+](C)(C)C)NC(=O)CCC/C=C\C/C=C\C/C=C\C=C\C(=O)CCCCC. The molecule has 0 aromatic rings. The Kier molecular flexibility index (Phi) is 32.1. The fourth-order valence-electron chi connectivity index (χ4n) is 5.16. The van der Waals surface area contributed by atoms with Gasteiger partial charge in [0.25, 0.3) is 0 Å². The molecular weight excluding hydrogens is 675 g/mol. The summed E-state index contributed by atoms with van der Waals surface area (Å²) in [5.74, 6) is -0.0820. The Morgan fingerprint density at radius 1 is 0.712 bits per heavy atom. The van der Waals surface area contributed by atoms with Crippen molar-refractivity contribution in [2.45, 2.75) is 154 Å². The van der Waals surface area contributed by atoms with E-state index in [9.17, 15) is 24.2 Å². The van der Waals surface area contributed by atoms with E-state index in [1.165, 1.54) is 51.4 Å². The number of amides is 1. The lowest BCUT2D eigenvalue weighted by molar-refractivity contribution is -0.870. The third-order valence-corrected chi connectivity index (χ3v) is 9.44. The molecule has 9 nitrogen and oxygen atoms in total. The first-order valence-electron chi connectivity index (χ1n) is 20.1. The second kappa shape index (κ2) is 33.4. The van der Waals surface area contributed by atoms with Gasteiger partial charge in [-0.15, -0.1) is 0 Å². The average molecular weight is 752 g/mol. The summed E-state index contributed by atoms with van der Waals surface area (Å²) in [4.78, 5) is 34.7. The fourth-order valence-corrected chi connectivity index (χ4v) is 5.90. The molecule has 0 bridgehead atoms. The molecule has 10 heteroatoms. The zero-order chi connectivity index (χ0) is 38.8. The zero-order valence-corrected chi connectivity index (χ0v) is 34.4. The van der Waals surface area contributed by atoms with Crippen LogP contribution in [0.2, 0.25) is 0 Å². The predicted molar refractivity (Wildman–Crippen MR) is 217 cm³/mol. The number of rotatable bonds is 35. The number of aliphatic hydroxyl groups excluding tert-OH is 1. The number of likely N-dealkylation sites (N-methyl/N-ethyl adjacent to an activating group) is 1. The Morgan fingerprint density at radius 3 is 1.94 bits per heavy atom. The second-order valence-corrected chi connectivity index (χ2v) is 16.1. The Hall–Kier alpha value is -2.13. The van der Waals surface area contributed by atoms with Gasteiger partial charge in [0.2, 0.25) is 5.91 Å². The number of phosphoric acid groups is 1. The average Bonchev–Trinajstić information content (AvgIpc) is 3.08. The Balaban J connectivity index is 4.66. The smallest absolute Gasteiger partial charge is 0.387 e. The van der Waals surface area contributed by atoms with Crippen molar-refractivity contribution >= 4 is 19.5 Å². The highest BCUT2D eigenvalue weighted by Crippen LogP contribution is 2.43. The molecular formula is C42H76N2O7P+. The van der Waals surface area contributed by atoms with Crippen LogP contribution < -0.4 is 5.32 Å². The van der Waals surface area contributed by atoms with Crippen molar-refractivity contribution in [3.8, 4) is 0 Å². The number of nitrogens with zero attached hydrogens (tertiary/aromatic N) is 1. The lowest BCUT2D eigenvalue weighted by Gasteiger charge is -2.25. The van der Waals surface area contributed by atoms with Crippen molar-refractivity contribution in [1.82, 2.24) is 5.32 Å². The van der Waals surface area contributed by atoms with E-state index in [4.69, 9.17) is 9.05 Å². The van der Waals surface area contributed by atoms with E-state index in [0.717, 1.165) is 57.8 Å². The van der Waals surface area contributed by atoms with Crippen LogP contribution in [0.3, 0.4) is 0 Å². The van der Waals surface area contributed by atoms with Crippen LogP contribution in [0.4, 0.5) is 0 Å². The number of phosphoric ester groups is 1. The number of quaternary nitrogens is 1. The minimum absolute atomic E-state index is 0.0378. The lowest BCUT2D eigenvalue weighted by Crippen LogP contribution is -2.45. The van der Waals surface area contributed by atoms with E-state index in [1.807, 2.05) is 45.4 Å². The molecule has 0 saturated heterocycles. The zero-order valence-electron chi connectivity index (χ0n) is 33.5. The first-order chi connectivity index (χ1) is 24.9. The third kappa shape index (κ3) is 34.9. The molecule has 0 fully saturated rings. The van der Waals surface area contributed by atoms with Crippen molar-refractivity contribution in [1.29, 1.82) is 0 Å². The van der Waals surface area contributed by atoms with Crippen molar-refractivity contribution in [3.63, 3.8) is 0 Å². The van der Waals surface area contributed by atoms with Gasteiger partial charge < -0.3 is 19.8 Å². The van der Waals surface area contributed by atoms with Crippen LogP contribution >= 0.6 is 7.82 Å². The first-order valence-corrected chi connectivity index (χ1v) is 21.6. The van der Waals surface area contributed by atoms with Gasteiger partial charge in [-0.25, -0.2) is 4.57 Å². The number of carbonyl (C=O) groups is 2. The molecule has 0 saturated carbocycles. The number of unbranched alkanes of at least 4 members (excludes halogenated alkanes) is 13. The predicted octanol–water partition coefficient (Wildman–Crippen LogP) is 9.86. The van der Waals surface area contributed by atoms with E-state index in [-0.39, 0.29) is 31.3 Å². The molecule has 3 N–H and O–H groups in total. The van der Waals surface area contributed by atoms with E-state index in [0.29, 0.717) is 23.9 Å². The van der Waals surface area contributed by atoms with Crippen LogP contribution in [0.15, 0.2) is 60.8 Å². The Bertz CT molecular complexity index is 1090. The maximum absolute atomic E-state index is 12.8. The Labute approximate surface area is 317 Å². The van der Waals surface area contributed by atoms with E-state index >= 15 is 0 Å². The van der Waals surface area contributed by atoms with Crippen molar-refractivity contribution < 1.29 is 37.7 Å². The maximum atomic E-state index is 12.8. The molecule has 0 rings (SSSR count). The Morgan fingerprint density at radius 2 is 1.29 bits per heavy atom. The number of hydrogen-bond donors (Lipinski definition) is 3. The van der Waals surface area contributed by atoms with E-state index < -0.39 is 20.0 Å². The summed E-state index contributed by atoms with van der Waals surface area (Å²) in [6.45, 7) is 4.56. The minimum Gasteiger partial charge on any atom is -0.387 e. The van der Waals surface area contributed by atoms with Crippen LogP contribution in [0.5, 0.6) is 0 Å². The van der Waals surface area contributed by atoms with Crippen molar-refractivity contribution in [2.75, 3.05) is 40.9 Å². The highest BCUT2D eigenvalue weighted by Gasteiger charge is 2.27. The number of aliphatic hydroxyl groups is 1. The van der Waals surface area contributed by atoms with Gasteiger partial charge in [-0.3, -0.25) is 18.6 Å². The van der Waals surface area contributed by atoms with Gasteiger partial charge in [0.1, 0.15) is 13.2 Å². The van der Waals surface area contributed by atoms with Gasteiger partial charge in [-0.2, -0.15) is 0 Å². The second-order valence-electron chi connectivity index (χ2n) is 14.7. The number of nitrogens with one attached hydrogen (secondary N) is 1. The number of hydrogen-bond acceptors (Lipinski definition) is 6. The summed E-state index contributed by atoms with van der Waals surface area (Å²) in [6.07, 6.45) is 38.4. The normalized spacial score (nSPS) is 15.1. The molecule has 0 radical (unpaired) electrons. The third-order valence-electron chi connectivity index (χ3n) is 8.46. The number of ketones is 1. The molecule has 1 unspecified atom stereocenters. The van der Waals surface area contributed by atoms with Gasteiger partial charge in [0.05, 0.1) is 39.9 Å². The molecule has 52 heavy (non-hydrogen) atoms. The van der Waals surface area contributed by atoms with E-state index in [2.05, 4.69) is 37.4 Å². The molecule has 0 aromatic carbocycles. The summed E-state index contributed by atoms with van der Waals surface area (Å²) in [7, 11) is 1.49. The molecule has 300 valence electrons. The van der Waals surface area contributed by atoms with Crippen molar-refractivity contribution in [2.24, 2.45) is 0 Å². The van der Waals surface area contributed by atoms with Crippen LogP contribution in [-0.4, -0.2) is 79.2 Å². The fraction of sp³-hybridized carbons (Fsp3) is 0.714. The maximum Gasteiger partial charge on any atom is 0.472 e. The number of allylic oxidation sites excluding steroid dienone is 9. The molecule has 0 heterocycles. The lowest BCUT2D eigenvalue weighted by atomic mass is 10.1. The van der Waals surface area contributed by atoms with Gasteiger partial charge in [-0.1, -0.05) is 139 Å². The highest BCUT2D eigenvalue weighted by molar-refractivity contribution is 7.47. The molecule has 0 aliphatic heterocycles. The van der Waals surface area contributed by atoms with Gasteiger partial charge >= 0.3 is 7.82 Å². The first kappa shape index (κ1) is 49.9. The summed E-state index contributed by atoms with van der Waals surface area (Å²) >= 11 is 0. The quantitative estimate of drug-likeness (QED) is 0.0147. The molecule has 0 aromatic heterocycles. The van der Waals surface area contributed by atoms with Crippen LogP contribution in [0.1, 0.15) is 142 Å². The molecule has 0 aliphatic rings. The molecule has 0 spiro atoms. The summed E-state index contributed by atoms with van der Waals surface area (Å²) in [5.41, 5.74) is 0. The highest BCUT2D eigenvalue weighted by atomic mass is 31.2. The summed E-state index contributed by atoms with van der Waals surface area (Å²) in [6, 6.07) is -0.893. The monoisotopic (exact) mass is 752 g/mol. The summed E-state index contributed by atoms with van der Waals surface area (Å²) < 4.78 is 23.4. The van der Waals surface area contributed by atoms with Gasteiger partial charge in [-0.05, 0) is 51.0 Å². The van der Waals surface area contributed by atoms with Gasteiger partial charge in [0, 0.05) is 12.8 Å². The van der Waals surface area contributed by atoms with Crippen LogP contribution in [0, 0.1) is 0 Å². The van der Waals surface area contributed by atoms with Gasteiger partial charge in [0.15, 0.2) is 5.78 Å². The van der Waals surface area contributed by atoms with Crippen LogP contribution in [0.25, 0.3) is 0 Å². The standard InChI is InChI=1S/C42H75N2O7P/c1-6-8-10-11-12-13-14-17-20-23-26-30-34-41(46)40(38-51-52(48,49)50-37-36-44(3,4)5)43-42(47)35-31-27-24-21-18-15-16-19-22-25-29-33-39(45)32-28-9-7-2/h15-16,21-22,24-25,29-30,33-34,40-41,46H,6-14,17-20,23,26-28,31-32,35-38H2,1-5H3,(H-,43,47,48,49)/p+1/b16-15-,24-21-,25-22-,33-29+,34-30+/t40-,41+/m0/s1. The molecule has 1 amide bonds. The molecule has 3 atom stereocenters. The topological polar surface area (TPSA) is 122 Å². The largest absolute Gasteiger partial charge is 0.472 e. The number of carbonyl (C=O) groups excluding carboxylic acids is 2.